The first-order valence-corrected chi connectivity index (χ1v) is 12.8. The predicted octanol–water partition coefficient (Wildman–Crippen LogP) is 5.59. The molecule has 1 aromatic heterocycles. The highest BCUT2D eigenvalue weighted by Crippen LogP contribution is 2.41. The molecule has 2 rings (SSSR count). The summed E-state index contributed by atoms with van der Waals surface area (Å²) in [4.78, 5) is 16.8. The summed E-state index contributed by atoms with van der Waals surface area (Å²) in [5.41, 5.74) is 6.26. The van der Waals surface area contributed by atoms with Crippen molar-refractivity contribution in [2.24, 2.45) is 5.92 Å². The second kappa shape index (κ2) is 9.55. The molecule has 2 unspecified atom stereocenters. The molecule has 148 valence electrons. The summed E-state index contributed by atoms with van der Waals surface area (Å²) in [5, 5.41) is 3.22. The van der Waals surface area contributed by atoms with Crippen LogP contribution in [0.1, 0.15) is 77.7 Å². The molecule has 0 saturated heterocycles. The molecule has 0 aromatic carbocycles. The van der Waals surface area contributed by atoms with E-state index in [4.69, 9.17) is 0 Å². The van der Waals surface area contributed by atoms with Gasteiger partial charge in [0, 0.05) is 18.2 Å². The number of aromatic nitrogens is 1. The van der Waals surface area contributed by atoms with Gasteiger partial charge in [-0.1, -0.05) is 60.5 Å². The van der Waals surface area contributed by atoms with Gasteiger partial charge in [0.2, 0.25) is 0 Å². The number of nitrogens with zero attached hydrogens (tertiary/aromatic N) is 1. The number of amides is 1. The minimum Gasteiger partial charge on any atom is -0.347 e. The zero-order chi connectivity index (χ0) is 20.0. The molecule has 1 aliphatic rings. The summed E-state index contributed by atoms with van der Waals surface area (Å²) in [5.74, 6) is 3.87. The molecule has 3 nitrogen and oxygen atoms in total. The van der Waals surface area contributed by atoms with Gasteiger partial charge in [-0.15, -0.1) is 11.5 Å². The maximum Gasteiger partial charge on any atom is 0.270 e. The maximum absolute atomic E-state index is 12.6. The van der Waals surface area contributed by atoms with Gasteiger partial charge in [0.15, 0.2) is 0 Å². The minimum absolute atomic E-state index is 0.0746. The fourth-order valence-corrected chi connectivity index (χ4v) is 10.2. The summed E-state index contributed by atoms with van der Waals surface area (Å²) < 4.78 is 0. The van der Waals surface area contributed by atoms with E-state index in [-0.39, 0.29) is 17.9 Å². The Morgan fingerprint density at radius 2 is 1.70 bits per heavy atom. The van der Waals surface area contributed by atoms with Crippen molar-refractivity contribution in [3.63, 3.8) is 0 Å². The number of hydrogen-bond donors (Lipinski definition) is 1. The van der Waals surface area contributed by atoms with Gasteiger partial charge in [0.1, 0.15) is 13.8 Å². The van der Waals surface area contributed by atoms with Gasteiger partial charge in [-0.05, 0) is 41.6 Å². The van der Waals surface area contributed by atoms with E-state index in [0.29, 0.717) is 22.3 Å². The standard InChI is InChI=1S/C23H36N2OSi/c1-17(2)27(18(3)4,19(5)6)16-14-20-11-7-8-12-21(20)25-23(26)22-13-9-10-15-24-22/h9-10,13,15,17-21H,7-8,11-12H2,1-6H3,(H,25,26). The van der Waals surface area contributed by atoms with E-state index in [1.807, 2.05) is 12.1 Å². The van der Waals surface area contributed by atoms with Gasteiger partial charge < -0.3 is 5.32 Å². The third-order valence-corrected chi connectivity index (χ3v) is 12.6. The van der Waals surface area contributed by atoms with Crippen molar-refractivity contribution >= 4 is 14.0 Å². The molecule has 1 aromatic rings. The lowest BCUT2D eigenvalue weighted by Crippen LogP contribution is -2.45. The van der Waals surface area contributed by atoms with Gasteiger partial charge in [-0.3, -0.25) is 9.78 Å². The molecule has 1 amide bonds. The smallest absolute Gasteiger partial charge is 0.270 e. The topological polar surface area (TPSA) is 42.0 Å². The van der Waals surface area contributed by atoms with E-state index < -0.39 is 8.07 Å². The second-order valence-electron chi connectivity index (χ2n) is 8.85. The quantitative estimate of drug-likeness (QED) is 0.531. The highest BCUT2D eigenvalue weighted by Gasteiger charge is 2.42. The first-order chi connectivity index (χ1) is 12.8. The fraction of sp³-hybridized carbons (Fsp3) is 0.652. The van der Waals surface area contributed by atoms with E-state index in [1.165, 1.54) is 6.42 Å². The van der Waals surface area contributed by atoms with Gasteiger partial charge in [-0.2, -0.15) is 0 Å². The van der Waals surface area contributed by atoms with Crippen LogP contribution in [0.4, 0.5) is 0 Å². The Hall–Kier alpha value is -1.60. The number of nitrogens with one attached hydrogen (secondary N) is 1. The molecule has 1 aliphatic carbocycles. The first kappa shape index (κ1) is 21.7. The molecular weight excluding hydrogens is 348 g/mol. The molecule has 27 heavy (non-hydrogen) atoms. The molecule has 4 heteroatoms. The van der Waals surface area contributed by atoms with E-state index in [9.17, 15) is 4.79 Å². The van der Waals surface area contributed by atoms with Gasteiger partial charge in [-0.25, -0.2) is 0 Å². The molecule has 2 atom stereocenters. The lowest BCUT2D eigenvalue weighted by atomic mass is 9.85. The molecule has 1 fully saturated rings. The summed E-state index contributed by atoms with van der Waals surface area (Å²) in [6.07, 6.45) is 6.12. The van der Waals surface area contributed by atoms with Crippen LogP contribution in [0.15, 0.2) is 24.4 Å². The van der Waals surface area contributed by atoms with Gasteiger partial charge >= 0.3 is 0 Å². The predicted molar refractivity (Wildman–Crippen MR) is 116 cm³/mol. The van der Waals surface area contributed by atoms with Crippen LogP contribution in [0, 0.1) is 17.4 Å². The number of hydrogen-bond acceptors (Lipinski definition) is 2. The number of rotatable bonds is 5. The monoisotopic (exact) mass is 384 g/mol. The van der Waals surface area contributed by atoms with Crippen LogP contribution in [-0.2, 0) is 0 Å². The number of carbonyl (C=O) groups is 1. The SMILES string of the molecule is CC(C)[Si](C#CC1CCCCC1NC(=O)c1ccccn1)(C(C)C)C(C)C. The Bertz CT molecular complexity index is 651. The zero-order valence-corrected chi connectivity index (χ0v) is 18.9. The first-order valence-electron chi connectivity index (χ1n) is 10.5. The van der Waals surface area contributed by atoms with Crippen LogP contribution in [0.2, 0.25) is 16.6 Å². The number of carbonyl (C=O) groups excluding carboxylic acids is 1. The van der Waals surface area contributed by atoms with Crippen molar-refractivity contribution in [1.29, 1.82) is 0 Å². The summed E-state index contributed by atoms with van der Waals surface area (Å²) in [6, 6.07) is 5.60. The van der Waals surface area contributed by atoms with Crippen molar-refractivity contribution in [3.05, 3.63) is 30.1 Å². The van der Waals surface area contributed by atoms with Crippen molar-refractivity contribution < 1.29 is 4.79 Å². The third kappa shape index (κ3) is 5.02. The van der Waals surface area contributed by atoms with Crippen molar-refractivity contribution in [2.75, 3.05) is 0 Å². The molecule has 0 bridgehead atoms. The molecule has 1 N–H and O–H groups in total. The Kier molecular flexibility index (Phi) is 7.67. The average molecular weight is 385 g/mol. The molecule has 1 heterocycles. The summed E-state index contributed by atoms with van der Waals surface area (Å²) in [7, 11) is -1.73. The van der Waals surface area contributed by atoms with Crippen molar-refractivity contribution in [1.82, 2.24) is 10.3 Å². The van der Waals surface area contributed by atoms with Crippen LogP contribution in [-0.4, -0.2) is 25.0 Å². The Morgan fingerprint density at radius 1 is 1.07 bits per heavy atom. The Morgan fingerprint density at radius 3 is 2.26 bits per heavy atom. The van der Waals surface area contributed by atoms with E-state index in [1.54, 1.807) is 12.3 Å². The highest BCUT2D eigenvalue weighted by molar-refractivity contribution is 6.90. The Labute approximate surface area is 166 Å². The lowest BCUT2D eigenvalue weighted by molar-refractivity contribution is 0.0912. The summed E-state index contributed by atoms with van der Waals surface area (Å²) >= 11 is 0. The van der Waals surface area contributed by atoms with Crippen LogP contribution in [0.3, 0.4) is 0 Å². The van der Waals surface area contributed by atoms with Crippen molar-refractivity contribution in [2.45, 2.75) is 89.9 Å². The molecule has 0 radical (unpaired) electrons. The van der Waals surface area contributed by atoms with E-state index in [0.717, 1.165) is 19.3 Å². The lowest BCUT2D eigenvalue weighted by Gasteiger charge is -2.38. The van der Waals surface area contributed by atoms with Gasteiger partial charge in [0.05, 0.1) is 0 Å². The van der Waals surface area contributed by atoms with Crippen molar-refractivity contribution in [3.8, 4) is 11.5 Å². The summed E-state index contributed by atoms with van der Waals surface area (Å²) in [6.45, 7) is 14.1. The van der Waals surface area contributed by atoms with Crippen LogP contribution < -0.4 is 5.32 Å². The fourth-order valence-electron chi connectivity index (χ4n) is 4.87. The van der Waals surface area contributed by atoms with E-state index >= 15 is 0 Å². The average Bonchev–Trinajstić information content (AvgIpc) is 2.63. The zero-order valence-electron chi connectivity index (χ0n) is 17.9. The number of pyridine rings is 1. The third-order valence-electron chi connectivity index (χ3n) is 6.32. The van der Waals surface area contributed by atoms with E-state index in [2.05, 4.69) is 63.3 Å². The second-order valence-corrected chi connectivity index (χ2v) is 14.4. The van der Waals surface area contributed by atoms with Gasteiger partial charge in [0.25, 0.3) is 5.91 Å². The van der Waals surface area contributed by atoms with Crippen LogP contribution in [0.5, 0.6) is 0 Å². The molecule has 0 spiro atoms. The normalized spacial score (nSPS) is 20.5. The maximum atomic E-state index is 12.6. The Balaban J connectivity index is 2.22. The molecule has 0 aliphatic heterocycles. The van der Waals surface area contributed by atoms with Crippen LogP contribution >= 0.6 is 0 Å². The minimum atomic E-state index is -1.73. The largest absolute Gasteiger partial charge is 0.347 e. The molecule has 1 saturated carbocycles. The highest BCUT2D eigenvalue weighted by atomic mass is 28.3. The molecular formula is C23H36N2OSi. The van der Waals surface area contributed by atoms with Crippen LogP contribution in [0.25, 0.3) is 0 Å².